The molecule has 11 heteroatoms. The van der Waals surface area contributed by atoms with Gasteiger partial charge < -0.3 is 25.4 Å². The van der Waals surface area contributed by atoms with Crippen molar-refractivity contribution in [1.82, 2.24) is 5.32 Å². The first-order valence-electron chi connectivity index (χ1n) is 11.1. The Morgan fingerprint density at radius 3 is 2.20 bits per heavy atom. The van der Waals surface area contributed by atoms with Gasteiger partial charge in [-0.15, -0.1) is 0 Å². The van der Waals surface area contributed by atoms with Gasteiger partial charge in [0.15, 0.2) is 0 Å². The van der Waals surface area contributed by atoms with Gasteiger partial charge >= 0.3 is 19.7 Å². The second-order valence-electron chi connectivity index (χ2n) is 7.93. The Morgan fingerprint density at radius 2 is 1.63 bits per heavy atom. The highest BCUT2D eigenvalue weighted by Gasteiger charge is 2.33. The zero-order chi connectivity index (χ0) is 26.0. The third-order valence-corrected chi connectivity index (χ3v) is 6.42. The fraction of sp³-hybridized carbons (Fsp3) is 0.375. The van der Waals surface area contributed by atoms with E-state index < -0.39 is 50.0 Å². The largest absolute Gasteiger partial charge is 0.516 e. The molecule has 0 aliphatic heterocycles. The third-order valence-electron chi connectivity index (χ3n) is 4.85. The molecule has 0 aliphatic carbocycles. The number of benzene rings is 2. The number of nitrogens with two attached hydrogens (primary N) is 1. The highest BCUT2D eigenvalue weighted by atomic mass is 31.2. The van der Waals surface area contributed by atoms with Crippen LogP contribution in [0.1, 0.15) is 26.3 Å². The maximum Gasteiger partial charge on any atom is 0.516 e. The number of amides is 1. The van der Waals surface area contributed by atoms with Crippen LogP contribution in [0.4, 0.5) is 4.79 Å². The van der Waals surface area contributed by atoms with Crippen LogP contribution in [-0.4, -0.2) is 48.0 Å². The Kier molecular flexibility index (Phi) is 10.6. The molecule has 0 saturated heterocycles. The van der Waals surface area contributed by atoms with Gasteiger partial charge in [0.1, 0.15) is 12.3 Å². The van der Waals surface area contributed by atoms with E-state index in [9.17, 15) is 23.8 Å². The van der Waals surface area contributed by atoms with E-state index in [2.05, 4.69) is 14.8 Å². The number of hydrogen-bond donors (Lipinski definition) is 3. The molecule has 0 aliphatic rings. The minimum Gasteiger partial charge on any atom is -0.434 e. The zero-order valence-corrected chi connectivity index (χ0v) is 20.8. The topological polar surface area (TPSA) is 154 Å². The fourth-order valence-corrected chi connectivity index (χ4v) is 4.74. The van der Waals surface area contributed by atoms with E-state index in [1.165, 1.54) is 13.8 Å². The summed E-state index contributed by atoms with van der Waals surface area (Å²) < 4.78 is 26.5. The van der Waals surface area contributed by atoms with Crippen molar-refractivity contribution in [3.63, 3.8) is 0 Å². The first-order chi connectivity index (χ1) is 16.5. The molecule has 2 aromatic rings. The van der Waals surface area contributed by atoms with Crippen LogP contribution < -0.4 is 11.1 Å². The molecule has 2 aromatic carbocycles. The van der Waals surface area contributed by atoms with Gasteiger partial charge in [0.2, 0.25) is 5.91 Å². The molecule has 4 unspecified atom stereocenters. The molecule has 0 fully saturated rings. The van der Waals surface area contributed by atoms with Gasteiger partial charge in [-0.25, -0.2) is 9.59 Å². The Labute approximate surface area is 204 Å². The van der Waals surface area contributed by atoms with Crippen LogP contribution in [-0.2, 0) is 34.6 Å². The molecule has 2 rings (SSSR count). The maximum atomic E-state index is 13.0. The van der Waals surface area contributed by atoms with Gasteiger partial charge in [0.05, 0.1) is 18.7 Å². The average Bonchev–Trinajstić information content (AvgIpc) is 2.78. The maximum absolute atomic E-state index is 13.0. The SMILES string of the molecule is CCOC(=O)OC(=O)C(C)NC(=O)C(Cc1ccc(-c2ccccc2)cc1)CP(=O)(O)OC(C)N. The molecule has 0 saturated carbocycles. The van der Waals surface area contributed by atoms with Crippen LogP contribution in [0.3, 0.4) is 0 Å². The first kappa shape index (κ1) is 28.2. The molecule has 0 heterocycles. The van der Waals surface area contributed by atoms with Crippen LogP contribution in [0.25, 0.3) is 11.1 Å². The summed E-state index contributed by atoms with van der Waals surface area (Å²) in [5.41, 5.74) is 8.21. The van der Waals surface area contributed by atoms with Crippen LogP contribution in [0, 0.1) is 5.92 Å². The number of rotatable bonds is 11. The smallest absolute Gasteiger partial charge is 0.434 e. The highest BCUT2D eigenvalue weighted by Crippen LogP contribution is 2.45. The van der Waals surface area contributed by atoms with Gasteiger partial charge in [-0.1, -0.05) is 54.6 Å². The summed E-state index contributed by atoms with van der Waals surface area (Å²) in [7, 11) is -4.23. The van der Waals surface area contributed by atoms with Gasteiger partial charge in [-0.3, -0.25) is 13.9 Å². The molecule has 1 amide bonds. The van der Waals surface area contributed by atoms with Gasteiger partial charge in [0.25, 0.3) is 0 Å². The van der Waals surface area contributed by atoms with Crippen LogP contribution in [0.2, 0.25) is 0 Å². The molecule has 0 bridgehead atoms. The van der Waals surface area contributed by atoms with Crippen molar-refractivity contribution >= 4 is 25.6 Å². The number of carbonyl (C=O) groups excluding carboxylic acids is 3. The van der Waals surface area contributed by atoms with E-state index in [0.29, 0.717) is 0 Å². The predicted octanol–water partition coefficient (Wildman–Crippen LogP) is 3.22. The lowest BCUT2D eigenvalue weighted by molar-refractivity contribution is -0.144. The normalized spacial score (nSPS) is 15.2. The molecular weight excluding hydrogens is 475 g/mol. The summed E-state index contributed by atoms with van der Waals surface area (Å²) in [6.45, 7) is 4.28. The number of hydrogen-bond acceptors (Lipinski definition) is 8. The van der Waals surface area contributed by atoms with E-state index >= 15 is 0 Å². The quantitative estimate of drug-likeness (QED) is 0.180. The lowest BCUT2D eigenvalue weighted by Gasteiger charge is -2.22. The molecule has 190 valence electrons. The number of esters is 1. The van der Waals surface area contributed by atoms with Crippen molar-refractivity contribution in [2.75, 3.05) is 12.8 Å². The van der Waals surface area contributed by atoms with Crippen molar-refractivity contribution in [2.24, 2.45) is 11.7 Å². The zero-order valence-electron chi connectivity index (χ0n) is 19.9. The first-order valence-corrected chi connectivity index (χ1v) is 12.9. The Morgan fingerprint density at radius 1 is 1.03 bits per heavy atom. The van der Waals surface area contributed by atoms with Crippen molar-refractivity contribution in [3.8, 4) is 11.1 Å². The molecule has 0 aromatic heterocycles. The van der Waals surface area contributed by atoms with E-state index in [4.69, 9.17) is 10.3 Å². The Bertz CT molecular complexity index is 1040. The summed E-state index contributed by atoms with van der Waals surface area (Å²) >= 11 is 0. The van der Waals surface area contributed by atoms with Crippen LogP contribution in [0.15, 0.2) is 54.6 Å². The van der Waals surface area contributed by atoms with E-state index in [1.54, 1.807) is 6.92 Å². The summed E-state index contributed by atoms with van der Waals surface area (Å²) in [5, 5.41) is 2.42. The lowest BCUT2D eigenvalue weighted by atomic mass is 9.97. The molecule has 0 radical (unpaired) electrons. The fourth-order valence-electron chi connectivity index (χ4n) is 3.28. The number of nitrogens with one attached hydrogen (secondary N) is 1. The van der Waals surface area contributed by atoms with Gasteiger partial charge in [-0.05, 0) is 43.9 Å². The van der Waals surface area contributed by atoms with Crippen molar-refractivity contribution in [3.05, 3.63) is 60.2 Å². The van der Waals surface area contributed by atoms with Crippen LogP contribution in [0.5, 0.6) is 0 Å². The van der Waals surface area contributed by atoms with Crippen molar-refractivity contribution < 1.29 is 37.8 Å². The molecule has 35 heavy (non-hydrogen) atoms. The minimum absolute atomic E-state index is 0.0172. The molecule has 4 atom stereocenters. The monoisotopic (exact) mass is 506 g/mol. The van der Waals surface area contributed by atoms with Crippen molar-refractivity contribution in [1.29, 1.82) is 0 Å². The third kappa shape index (κ3) is 9.62. The number of ether oxygens (including phenoxy) is 2. The molecule has 10 nitrogen and oxygen atoms in total. The van der Waals surface area contributed by atoms with E-state index in [1.807, 2.05) is 54.6 Å². The highest BCUT2D eigenvalue weighted by molar-refractivity contribution is 7.52. The number of carbonyl (C=O) groups is 3. The molecule has 4 N–H and O–H groups in total. The second kappa shape index (κ2) is 13.2. The van der Waals surface area contributed by atoms with Crippen molar-refractivity contribution in [2.45, 2.75) is 39.5 Å². The second-order valence-corrected chi connectivity index (χ2v) is 9.78. The van der Waals surface area contributed by atoms with Gasteiger partial charge in [-0.2, -0.15) is 0 Å². The van der Waals surface area contributed by atoms with E-state index in [-0.39, 0.29) is 13.0 Å². The summed E-state index contributed by atoms with van der Waals surface area (Å²) in [6.07, 6.45) is -2.63. The summed E-state index contributed by atoms with van der Waals surface area (Å²) in [6, 6.07) is 15.9. The standard InChI is InChI=1S/C24H31N2O8P/c1-4-32-24(29)33-23(28)16(2)26-22(27)21(15-35(30,31)34-17(3)25)14-18-10-12-20(13-11-18)19-8-6-5-7-9-19/h5-13,16-17,21H,4,14-15,25H2,1-3H3,(H,26,27)(H,30,31). The Balaban J connectivity index is 2.16. The summed E-state index contributed by atoms with van der Waals surface area (Å²) in [5.74, 6) is -2.75. The minimum atomic E-state index is -4.23. The lowest BCUT2D eigenvalue weighted by Crippen LogP contribution is -2.44. The predicted molar refractivity (Wildman–Crippen MR) is 129 cm³/mol. The van der Waals surface area contributed by atoms with Gasteiger partial charge in [0, 0.05) is 0 Å². The molecular formula is C24H31N2O8P. The molecule has 0 spiro atoms. The Hall–Kier alpha value is -3.04. The summed E-state index contributed by atoms with van der Waals surface area (Å²) in [4.78, 5) is 46.6. The van der Waals surface area contributed by atoms with E-state index in [0.717, 1.165) is 16.7 Å². The average molecular weight is 506 g/mol. The van der Waals surface area contributed by atoms with Crippen LogP contribution >= 0.6 is 7.60 Å².